The molecule has 1 saturated heterocycles. The van der Waals surface area contributed by atoms with E-state index < -0.39 is 10.0 Å². The van der Waals surface area contributed by atoms with Gasteiger partial charge in [-0.2, -0.15) is 0 Å². The molecule has 5 nitrogen and oxygen atoms in total. The van der Waals surface area contributed by atoms with Gasteiger partial charge < -0.3 is 4.57 Å². The fourth-order valence-electron chi connectivity index (χ4n) is 2.19. The molecule has 0 aromatic carbocycles. The van der Waals surface area contributed by atoms with Crippen molar-refractivity contribution in [1.82, 2.24) is 13.9 Å². The van der Waals surface area contributed by atoms with Crippen LogP contribution in [0.4, 0.5) is 0 Å². The van der Waals surface area contributed by atoms with Gasteiger partial charge in [0.15, 0.2) is 0 Å². The predicted molar refractivity (Wildman–Crippen MR) is 66.4 cm³/mol. The lowest BCUT2D eigenvalue weighted by molar-refractivity contribution is 0.252. The van der Waals surface area contributed by atoms with Gasteiger partial charge in [0.05, 0.1) is 6.26 Å². The molecule has 0 saturated carbocycles. The first-order valence-corrected chi connectivity index (χ1v) is 7.75. The molecule has 2 rings (SSSR count). The van der Waals surface area contributed by atoms with E-state index in [1.165, 1.54) is 10.6 Å². The van der Waals surface area contributed by atoms with Crippen molar-refractivity contribution in [2.75, 3.05) is 19.3 Å². The Hall–Kier alpha value is -0.880. The third-order valence-corrected chi connectivity index (χ3v) is 4.45. The molecule has 1 aliphatic rings. The van der Waals surface area contributed by atoms with Gasteiger partial charge in [0.2, 0.25) is 10.0 Å². The van der Waals surface area contributed by atoms with Crippen LogP contribution in [0.2, 0.25) is 0 Å². The molecule has 0 aliphatic carbocycles. The lowest BCUT2D eigenvalue weighted by Gasteiger charge is -2.36. The Morgan fingerprint density at radius 2 is 2.12 bits per heavy atom. The number of rotatable bonds is 4. The molecule has 1 aromatic heterocycles. The zero-order valence-electron chi connectivity index (χ0n) is 10.5. The highest BCUT2D eigenvalue weighted by atomic mass is 32.2. The van der Waals surface area contributed by atoms with Crippen molar-refractivity contribution < 1.29 is 8.42 Å². The zero-order valence-corrected chi connectivity index (χ0v) is 11.4. The molecule has 17 heavy (non-hydrogen) atoms. The second kappa shape index (κ2) is 4.42. The zero-order chi connectivity index (χ0) is 12.6. The van der Waals surface area contributed by atoms with Gasteiger partial charge in [0, 0.05) is 37.4 Å². The first-order chi connectivity index (χ1) is 7.93. The second-order valence-electron chi connectivity index (χ2n) is 4.69. The smallest absolute Gasteiger partial charge is 0.211 e. The molecule has 1 aromatic rings. The van der Waals surface area contributed by atoms with E-state index in [0.717, 1.165) is 24.5 Å². The van der Waals surface area contributed by atoms with Crippen LogP contribution in [0, 0.1) is 6.92 Å². The van der Waals surface area contributed by atoms with E-state index in [2.05, 4.69) is 16.5 Å². The maximum absolute atomic E-state index is 11.3. The van der Waals surface area contributed by atoms with Crippen molar-refractivity contribution in [2.45, 2.75) is 32.7 Å². The van der Waals surface area contributed by atoms with Crippen molar-refractivity contribution in [3.8, 4) is 0 Å². The summed E-state index contributed by atoms with van der Waals surface area (Å²) in [5, 5.41) is 0. The van der Waals surface area contributed by atoms with E-state index in [9.17, 15) is 8.42 Å². The molecule has 0 bridgehead atoms. The third kappa shape index (κ3) is 2.37. The Morgan fingerprint density at radius 3 is 2.65 bits per heavy atom. The van der Waals surface area contributed by atoms with Crippen LogP contribution >= 0.6 is 0 Å². The Morgan fingerprint density at radius 1 is 1.47 bits per heavy atom. The van der Waals surface area contributed by atoms with E-state index in [0.29, 0.717) is 13.1 Å². The molecule has 96 valence electrons. The third-order valence-electron chi connectivity index (χ3n) is 3.22. The van der Waals surface area contributed by atoms with Crippen LogP contribution in [0.1, 0.15) is 30.8 Å². The molecule has 1 aliphatic heterocycles. The summed E-state index contributed by atoms with van der Waals surface area (Å²) in [6, 6.07) is 0. The minimum Gasteiger partial charge on any atom is -0.332 e. The van der Waals surface area contributed by atoms with E-state index in [-0.39, 0.29) is 5.92 Å². The number of hydrogen-bond donors (Lipinski definition) is 0. The van der Waals surface area contributed by atoms with Gasteiger partial charge >= 0.3 is 0 Å². The number of nitrogens with zero attached hydrogens (tertiary/aromatic N) is 3. The van der Waals surface area contributed by atoms with Crippen LogP contribution in [0.25, 0.3) is 0 Å². The van der Waals surface area contributed by atoms with Crippen molar-refractivity contribution in [2.24, 2.45) is 0 Å². The SMILES string of the molecule is CCCn1c(C)cnc1C1CN(S(C)(=O)=O)C1. The minimum atomic E-state index is -3.03. The Balaban J connectivity index is 2.11. The summed E-state index contributed by atoms with van der Waals surface area (Å²) in [4.78, 5) is 4.41. The van der Waals surface area contributed by atoms with Crippen LogP contribution in [-0.4, -0.2) is 41.6 Å². The maximum atomic E-state index is 11.3. The molecule has 0 radical (unpaired) electrons. The highest BCUT2D eigenvalue weighted by molar-refractivity contribution is 7.88. The molecule has 0 unspecified atom stereocenters. The fraction of sp³-hybridized carbons (Fsp3) is 0.727. The highest BCUT2D eigenvalue weighted by Gasteiger charge is 2.36. The average Bonchev–Trinajstić information content (AvgIpc) is 2.46. The number of sulfonamides is 1. The quantitative estimate of drug-likeness (QED) is 0.807. The van der Waals surface area contributed by atoms with Crippen molar-refractivity contribution in [1.29, 1.82) is 0 Å². The van der Waals surface area contributed by atoms with Crippen LogP contribution < -0.4 is 0 Å². The highest BCUT2D eigenvalue weighted by Crippen LogP contribution is 2.28. The van der Waals surface area contributed by atoms with Crippen molar-refractivity contribution >= 4 is 10.0 Å². The van der Waals surface area contributed by atoms with Crippen LogP contribution in [0.15, 0.2) is 6.20 Å². The lowest BCUT2D eigenvalue weighted by atomic mass is 10.0. The summed E-state index contributed by atoms with van der Waals surface area (Å²) in [6.45, 7) is 6.26. The summed E-state index contributed by atoms with van der Waals surface area (Å²) < 4.78 is 26.3. The van der Waals surface area contributed by atoms with Crippen LogP contribution in [0.3, 0.4) is 0 Å². The molecule has 0 amide bonds. The number of aryl methyl sites for hydroxylation is 1. The number of hydrogen-bond acceptors (Lipinski definition) is 3. The van der Waals surface area contributed by atoms with Gasteiger partial charge in [-0.15, -0.1) is 0 Å². The largest absolute Gasteiger partial charge is 0.332 e. The van der Waals surface area contributed by atoms with E-state index >= 15 is 0 Å². The van der Waals surface area contributed by atoms with Gasteiger partial charge in [-0.05, 0) is 13.3 Å². The first kappa shape index (κ1) is 12.6. The Labute approximate surface area is 103 Å². The van der Waals surface area contributed by atoms with Gasteiger partial charge in [0.25, 0.3) is 0 Å². The Kier molecular flexibility index (Phi) is 3.27. The lowest BCUT2D eigenvalue weighted by Crippen LogP contribution is -2.48. The molecule has 1 fully saturated rings. The normalized spacial score (nSPS) is 18.3. The summed E-state index contributed by atoms with van der Waals surface area (Å²) in [6.07, 6.45) is 4.19. The summed E-state index contributed by atoms with van der Waals surface area (Å²) in [5.74, 6) is 1.29. The Bertz CT molecular complexity index is 501. The molecule has 0 spiro atoms. The monoisotopic (exact) mass is 257 g/mol. The minimum absolute atomic E-state index is 0.255. The molecule has 0 N–H and O–H groups in total. The van der Waals surface area contributed by atoms with Gasteiger partial charge in [-0.25, -0.2) is 17.7 Å². The molecular formula is C11H19N3O2S. The first-order valence-electron chi connectivity index (χ1n) is 5.90. The molecule has 0 atom stereocenters. The van der Waals surface area contributed by atoms with Crippen molar-refractivity contribution in [3.63, 3.8) is 0 Å². The average molecular weight is 257 g/mol. The van der Waals surface area contributed by atoms with E-state index in [1.54, 1.807) is 0 Å². The summed E-state index contributed by atoms with van der Waals surface area (Å²) >= 11 is 0. The predicted octanol–water partition coefficient (Wildman–Crippen LogP) is 0.960. The summed E-state index contributed by atoms with van der Waals surface area (Å²) in [7, 11) is -3.03. The van der Waals surface area contributed by atoms with Crippen LogP contribution in [0.5, 0.6) is 0 Å². The summed E-state index contributed by atoms with van der Waals surface area (Å²) in [5.41, 5.74) is 1.15. The van der Waals surface area contributed by atoms with E-state index in [4.69, 9.17) is 0 Å². The van der Waals surface area contributed by atoms with Gasteiger partial charge in [-0.1, -0.05) is 6.92 Å². The van der Waals surface area contributed by atoms with Crippen molar-refractivity contribution in [3.05, 3.63) is 17.7 Å². The molecular weight excluding hydrogens is 238 g/mol. The van der Waals surface area contributed by atoms with Crippen LogP contribution in [-0.2, 0) is 16.6 Å². The second-order valence-corrected chi connectivity index (χ2v) is 6.67. The maximum Gasteiger partial charge on any atom is 0.211 e. The molecule has 6 heteroatoms. The topological polar surface area (TPSA) is 55.2 Å². The number of imidazole rings is 1. The standard InChI is InChI=1S/C11H19N3O2S/c1-4-5-14-9(2)6-12-11(14)10-7-13(8-10)17(3,15)16/h6,10H,4-5,7-8H2,1-3H3. The van der Waals surface area contributed by atoms with Gasteiger partial charge in [-0.3, -0.25) is 0 Å². The fourth-order valence-corrected chi connectivity index (χ4v) is 3.09. The van der Waals surface area contributed by atoms with E-state index in [1.807, 2.05) is 13.1 Å². The number of aromatic nitrogens is 2. The van der Waals surface area contributed by atoms with Gasteiger partial charge in [0.1, 0.15) is 5.82 Å². The molecule has 2 heterocycles.